The van der Waals surface area contributed by atoms with Gasteiger partial charge in [0.25, 0.3) is 0 Å². The first kappa shape index (κ1) is 13.6. The van der Waals surface area contributed by atoms with Gasteiger partial charge >= 0.3 is 5.97 Å². The second kappa shape index (κ2) is 4.85. The number of hydrogen-bond acceptors (Lipinski definition) is 3. The normalized spacial score (nSPS) is 32.3. The van der Waals surface area contributed by atoms with E-state index in [4.69, 9.17) is 4.74 Å². The molecule has 3 rings (SSSR count). The van der Waals surface area contributed by atoms with E-state index in [2.05, 4.69) is 6.08 Å². The Labute approximate surface area is 121 Å². The number of fused-ring (bicyclic) bond motifs is 2. The Hall–Kier alpha value is -1.42. The van der Waals surface area contributed by atoms with Gasteiger partial charge in [0.1, 0.15) is 0 Å². The van der Waals surface area contributed by atoms with Gasteiger partial charge in [0.05, 0.1) is 17.9 Å². The molecular weight excluding hydrogens is 272 g/mol. The molecule has 2 aliphatic rings. The smallest absolute Gasteiger partial charge is 0.325 e. The molecule has 2 aliphatic carbocycles. The molecule has 0 amide bonds. The highest BCUT2D eigenvalue weighted by atomic mass is 32.2. The van der Waals surface area contributed by atoms with Crippen molar-refractivity contribution in [3.05, 3.63) is 42.0 Å². The van der Waals surface area contributed by atoms with E-state index in [0.29, 0.717) is 17.2 Å². The summed E-state index contributed by atoms with van der Waals surface area (Å²) in [4.78, 5) is 13.1. The number of benzene rings is 1. The SMILES string of the molecule is COC(=O)[C@@]1(S(=O)c2ccc(C)cc2)C[C@@H]2C=C[C@H]1C2. The van der Waals surface area contributed by atoms with E-state index in [1.165, 1.54) is 7.11 Å². The number of allylic oxidation sites excluding steroid dienone is 2. The zero-order valence-corrected chi connectivity index (χ0v) is 12.5. The Kier molecular flexibility index (Phi) is 3.28. The Morgan fingerprint density at radius 2 is 2.00 bits per heavy atom. The number of esters is 1. The Morgan fingerprint density at radius 3 is 2.50 bits per heavy atom. The van der Waals surface area contributed by atoms with Crippen molar-refractivity contribution in [2.45, 2.75) is 29.4 Å². The molecule has 106 valence electrons. The van der Waals surface area contributed by atoms with Gasteiger partial charge in [-0.2, -0.15) is 0 Å². The van der Waals surface area contributed by atoms with Gasteiger partial charge in [-0.05, 0) is 37.8 Å². The van der Waals surface area contributed by atoms with Gasteiger partial charge in [-0.3, -0.25) is 9.00 Å². The Morgan fingerprint density at radius 1 is 1.30 bits per heavy atom. The van der Waals surface area contributed by atoms with Crippen LogP contribution >= 0.6 is 0 Å². The van der Waals surface area contributed by atoms with E-state index >= 15 is 0 Å². The molecule has 2 bridgehead atoms. The summed E-state index contributed by atoms with van der Waals surface area (Å²) in [6.07, 6.45) is 5.71. The van der Waals surface area contributed by atoms with Crippen LogP contribution in [0.3, 0.4) is 0 Å². The highest BCUT2D eigenvalue weighted by Crippen LogP contribution is 2.51. The van der Waals surface area contributed by atoms with Crippen LogP contribution in [-0.2, 0) is 20.3 Å². The molecule has 1 aromatic carbocycles. The lowest BCUT2D eigenvalue weighted by atomic mass is 9.92. The van der Waals surface area contributed by atoms with Crippen molar-refractivity contribution in [3.63, 3.8) is 0 Å². The largest absolute Gasteiger partial charge is 0.468 e. The fraction of sp³-hybridized carbons (Fsp3) is 0.438. The van der Waals surface area contributed by atoms with Crippen LogP contribution in [-0.4, -0.2) is 22.0 Å². The predicted molar refractivity (Wildman–Crippen MR) is 77.7 cm³/mol. The summed E-state index contributed by atoms with van der Waals surface area (Å²) in [6, 6.07) is 7.57. The molecule has 20 heavy (non-hydrogen) atoms. The molecule has 1 saturated carbocycles. The van der Waals surface area contributed by atoms with Crippen LogP contribution in [0.1, 0.15) is 18.4 Å². The molecular formula is C16H18O3S. The van der Waals surface area contributed by atoms with Gasteiger partial charge in [-0.25, -0.2) is 0 Å². The van der Waals surface area contributed by atoms with Gasteiger partial charge in [-0.15, -0.1) is 0 Å². The second-order valence-electron chi connectivity index (χ2n) is 5.65. The maximum absolute atomic E-state index is 13.0. The molecule has 1 fully saturated rings. The third-order valence-electron chi connectivity index (χ3n) is 4.43. The van der Waals surface area contributed by atoms with Crippen molar-refractivity contribution in [2.75, 3.05) is 7.11 Å². The zero-order valence-electron chi connectivity index (χ0n) is 11.7. The molecule has 0 N–H and O–H groups in total. The highest BCUT2D eigenvalue weighted by Gasteiger charge is 2.58. The van der Waals surface area contributed by atoms with Crippen LogP contribution in [0.4, 0.5) is 0 Å². The van der Waals surface area contributed by atoms with Gasteiger partial charge < -0.3 is 4.74 Å². The quantitative estimate of drug-likeness (QED) is 0.635. The molecule has 0 spiro atoms. The van der Waals surface area contributed by atoms with Gasteiger partial charge in [0, 0.05) is 10.8 Å². The zero-order chi connectivity index (χ0) is 14.3. The Bertz CT molecular complexity index is 590. The maximum atomic E-state index is 13.0. The van der Waals surface area contributed by atoms with Crippen molar-refractivity contribution in [2.24, 2.45) is 11.8 Å². The lowest BCUT2D eigenvalue weighted by molar-refractivity contribution is -0.144. The first-order chi connectivity index (χ1) is 9.57. The van der Waals surface area contributed by atoms with Crippen molar-refractivity contribution < 1.29 is 13.7 Å². The van der Waals surface area contributed by atoms with Crippen molar-refractivity contribution in [3.8, 4) is 0 Å². The van der Waals surface area contributed by atoms with Crippen LogP contribution < -0.4 is 0 Å². The number of hydrogen-bond donors (Lipinski definition) is 0. The van der Waals surface area contributed by atoms with Crippen LogP contribution in [0.2, 0.25) is 0 Å². The van der Waals surface area contributed by atoms with Crippen molar-refractivity contribution in [1.82, 2.24) is 0 Å². The van der Waals surface area contributed by atoms with Crippen molar-refractivity contribution >= 4 is 16.8 Å². The molecule has 3 nitrogen and oxygen atoms in total. The summed E-state index contributed by atoms with van der Waals surface area (Å²) in [5.74, 6) is 0.0452. The number of carbonyl (C=O) groups is 1. The molecule has 0 radical (unpaired) electrons. The third-order valence-corrected chi connectivity index (χ3v) is 6.43. The third kappa shape index (κ3) is 1.85. The number of carbonyl (C=O) groups excluding carboxylic acids is 1. The van der Waals surface area contributed by atoms with Crippen LogP contribution in [0, 0.1) is 18.8 Å². The van der Waals surface area contributed by atoms with E-state index in [1.54, 1.807) is 0 Å². The van der Waals surface area contributed by atoms with E-state index in [0.717, 1.165) is 12.0 Å². The lowest BCUT2D eigenvalue weighted by Gasteiger charge is -2.31. The average Bonchev–Trinajstić information content (AvgIpc) is 3.07. The highest BCUT2D eigenvalue weighted by molar-refractivity contribution is 7.87. The fourth-order valence-electron chi connectivity index (χ4n) is 3.38. The van der Waals surface area contributed by atoms with Gasteiger partial charge in [-0.1, -0.05) is 29.8 Å². The minimum absolute atomic E-state index is 0.0297. The predicted octanol–water partition coefficient (Wildman–Crippen LogP) is 2.61. The first-order valence-corrected chi connectivity index (χ1v) is 7.98. The monoisotopic (exact) mass is 290 g/mol. The Balaban J connectivity index is 2.03. The van der Waals surface area contributed by atoms with Crippen LogP contribution in [0.25, 0.3) is 0 Å². The van der Waals surface area contributed by atoms with Gasteiger partial charge in [0.2, 0.25) is 0 Å². The number of aryl methyl sites for hydroxylation is 1. The van der Waals surface area contributed by atoms with E-state index in [9.17, 15) is 9.00 Å². The van der Waals surface area contributed by atoms with E-state index < -0.39 is 15.5 Å². The summed E-state index contributed by atoms with van der Waals surface area (Å²) >= 11 is 0. The summed E-state index contributed by atoms with van der Waals surface area (Å²) in [5.41, 5.74) is 1.12. The molecule has 0 aromatic heterocycles. The minimum atomic E-state index is -1.38. The number of ether oxygens (including phenoxy) is 1. The lowest BCUT2D eigenvalue weighted by Crippen LogP contribution is -2.47. The topological polar surface area (TPSA) is 43.4 Å². The minimum Gasteiger partial charge on any atom is -0.468 e. The standard InChI is InChI=1S/C16H18O3S/c1-11-3-7-14(8-4-11)20(18)16(15(17)19-2)10-12-5-6-13(16)9-12/h3-8,12-13H,9-10H2,1-2H3/t12-,13+,16-,20?/m1/s1. The molecule has 4 heteroatoms. The second-order valence-corrected chi connectivity index (χ2v) is 7.39. The molecule has 0 heterocycles. The summed E-state index contributed by atoms with van der Waals surface area (Å²) in [6.45, 7) is 1.99. The fourth-order valence-corrected chi connectivity index (χ4v) is 5.23. The average molecular weight is 290 g/mol. The summed E-state index contributed by atoms with van der Waals surface area (Å²) in [5, 5.41) is 0. The van der Waals surface area contributed by atoms with E-state index in [-0.39, 0.29) is 11.9 Å². The molecule has 1 unspecified atom stereocenters. The number of rotatable bonds is 3. The summed E-state index contributed by atoms with van der Waals surface area (Å²) in [7, 11) is 0.000157. The molecule has 4 atom stereocenters. The van der Waals surface area contributed by atoms with Gasteiger partial charge in [0.15, 0.2) is 4.75 Å². The van der Waals surface area contributed by atoms with Crippen LogP contribution in [0.5, 0.6) is 0 Å². The first-order valence-electron chi connectivity index (χ1n) is 6.83. The summed E-state index contributed by atoms with van der Waals surface area (Å²) < 4.78 is 17.1. The number of methoxy groups -OCH3 is 1. The maximum Gasteiger partial charge on any atom is 0.325 e. The molecule has 0 saturated heterocycles. The molecule has 0 aliphatic heterocycles. The molecule has 1 aromatic rings. The van der Waals surface area contributed by atoms with Crippen molar-refractivity contribution in [1.29, 1.82) is 0 Å². The van der Waals surface area contributed by atoms with E-state index in [1.807, 2.05) is 37.3 Å². The van der Waals surface area contributed by atoms with Crippen LogP contribution in [0.15, 0.2) is 41.3 Å².